The molecule has 0 radical (unpaired) electrons. The third-order valence-electron chi connectivity index (χ3n) is 3.27. The van der Waals surface area contributed by atoms with E-state index in [9.17, 15) is 5.21 Å². The summed E-state index contributed by atoms with van der Waals surface area (Å²) < 4.78 is 5.29. The molecule has 1 saturated heterocycles. The molecule has 2 rings (SSSR count). The molecule has 82 valence electrons. The second-order valence-corrected chi connectivity index (χ2v) is 4.02. The van der Waals surface area contributed by atoms with Gasteiger partial charge in [-0.15, -0.1) is 0 Å². The Morgan fingerprint density at radius 2 is 2.21 bits per heavy atom. The summed E-state index contributed by atoms with van der Waals surface area (Å²) in [6.45, 7) is 2.01. The first kappa shape index (κ1) is 10.3. The Labute approximate surface area is 83.4 Å². The SMILES string of the molecule is COC(C)C1CCCC2O[NH+]([O-])OC21. The summed E-state index contributed by atoms with van der Waals surface area (Å²) >= 11 is 0. The summed E-state index contributed by atoms with van der Waals surface area (Å²) in [6.07, 6.45) is 3.04. The van der Waals surface area contributed by atoms with Crippen molar-refractivity contribution >= 4 is 0 Å². The van der Waals surface area contributed by atoms with Crippen molar-refractivity contribution in [3.8, 4) is 0 Å². The first-order valence-electron chi connectivity index (χ1n) is 5.12. The number of quaternary nitrogens is 1. The minimum Gasteiger partial charge on any atom is -0.566 e. The van der Waals surface area contributed by atoms with Crippen molar-refractivity contribution in [2.24, 2.45) is 5.92 Å². The molecule has 5 atom stereocenters. The van der Waals surface area contributed by atoms with Crippen LogP contribution in [0.15, 0.2) is 0 Å². The van der Waals surface area contributed by atoms with Crippen molar-refractivity contribution in [2.75, 3.05) is 7.11 Å². The first-order chi connectivity index (χ1) is 6.72. The normalized spacial score (nSPS) is 44.8. The number of nitrogens with one attached hydrogen (secondary N) is 1. The van der Waals surface area contributed by atoms with Gasteiger partial charge in [0, 0.05) is 13.0 Å². The Kier molecular flexibility index (Phi) is 3.04. The quantitative estimate of drug-likeness (QED) is 0.632. The monoisotopic (exact) mass is 203 g/mol. The predicted octanol–water partition coefficient (Wildman–Crippen LogP) is -0.182. The van der Waals surface area contributed by atoms with Crippen LogP contribution in [0, 0.1) is 11.1 Å². The lowest BCUT2D eigenvalue weighted by atomic mass is 9.81. The van der Waals surface area contributed by atoms with Gasteiger partial charge < -0.3 is 9.94 Å². The van der Waals surface area contributed by atoms with Crippen molar-refractivity contribution in [2.45, 2.75) is 44.5 Å². The highest BCUT2D eigenvalue weighted by molar-refractivity contribution is 4.86. The van der Waals surface area contributed by atoms with Crippen LogP contribution in [0.25, 0.3) is 0 Å². The zero-order valence-corrected chi connectivity index (χ0v) is 8.56. The fraction of sp³-hybridized carbons (Fsp3) is 1.00. The highest BCUT2D eigenvalue weighted by Gasteiger charge is 2.46. The van der Waals surface area contributed by atoms with Crippen molar-refractivity contribution in [3.05, 3.63) is 5.21 Å². The Morgan fingerprint density at radius 1 is 1.43 bits per heavy atom. The molecule has 0 aromatic rings. The number of methoxy groups -OCH3 is 1. The van der Waals surface area contributed by atoms with E-state index in [1.807, 2.05) is 6.92 Å². The number of hydrogen-bond acceptors (Lipinski definition) is 4. The molecule has 1 aliphatic carbocycles. The van der Waals surface area contributed by atoms with Crippen molar-refractivity contribution in [3.63, 3.8) is 0 Å². The molecule has 0 amide bonds. The van der Waals surface area contributed by atoms with Crippen molar-refractivity contribution in [1.82, 2.24) is 0 Å². The molecule has 5 nitrogen and oxygen atoms in total. The minimum absolute atomic E-state index is 0.0427. The minimum atomic E-state index is -0.518. The van der Waals surface area contributed by atoms with Crippen LogP contribution in [0.3, 0.4) is 0 Å². The van der Waals surface area contributed by atoms with Gasteiger partial charge in [0.1, 0.15) is 0 Å². The maximum Gasteiger partial charge on any atom is 0.159 e. The Morgan fingerprint density at radius 3 is 2.93 bits per heavy atom. The zero-order chi connectivity index (χ0) is 10.1. The molecular formula is C9H17NO4. The average Bonchev–Trinajstić information content (AvgIpc) is 2.56. The molecule has 1 aliphatic heterocycles. The second kappa shape index (κ2) is 4.12. The molecular weight excluding hydrogens is 186 g/mol. The van der Waals surface area contributed by atoms with E-state index in [1.165, 1.54) is 0 Å². The van der Waals surface area contributed by atoms with Crippen LogP contribution in [0.2, 0.25) is 0 Å². The van der Waals surface area contributed by atoms with E-state index in [0.717, 1.165) is 19.3 Å². The summed E-state index contributed by atoms with van der Waals surface area (Å²) in [7, 11) is 1.69. The second-order valence-electron chi connectivity index (χ2n) is 4.02. The van der Waals surface area contributed by atoms with E-state index in [-0.39, 0.29) is 24.2 Å². The van der Waals surface area contributed by atoms with Gasteiger partial charge in [-0.25, -0.2) is 0 Å². The molecule has 2 aliphatic rings. The lowest BCUT2D eigenvalue weighted by Gasteiger charge is -2.31. The fourth-order valence-electron chi connectivity index (χ4n) is 2.39. The smallest absolute Gasteiger partial charge is 0.159 e. The molecule has 0 bridgehead atoms. The van der Waals surface area contributed by atoms with E-state index in [4.69, 9.17) is 14.4 Å². The fourth-order valence-corrected chi connectivity index (χ4v) is 2.39. The molecule has 0 aromatic heterocycles. The lowest BCUT2D eigenvalue weighted by Crippen LogP contribution is -3.03. The average molecular weight is 203 g/mol. The van der Waals surface area contributed by atoms with Crippen LogP contribution in [-0.4, -0.2) is 25.4 Å². The van der Waals surface area contributed by atoms with Crippen LogP contribution in [0.4, 0.5) is 0 Å². The maximum atomic E-state index is 11.0. The molecule has 0 aromatic carbocycles. The molecule has 14 heavy (non-hydrogen) atoms. The zero-order valence-electron chi connectivity index (χ0n) is 8.56. The molecule has 5 unspecified atom stereocenters. The van der Waals surface area contributed by atoms with Crippen LogP contribution in [-0.2, 0) is 14.4 Å². The van der Waals surface area contributed by atoms with Gasteiger partial charge in [0.05, 0.1) is 6.10 Å². The van der Waals surface area contributed by atoms with Crippen LogP contribution in [0.1, 0.15) is 26.2 Å². The molecule has 1 N–H and O–H groups in total. The van der Waals surface area contributed by atoms with E-state index in [1.54, 1.807) is 7.11 Å². The third-order valence-corrected chi connectivity index (χ3v) is 3.27. The van der Waals surface area contributed by atoms with E-state index >= 15 is 0 Å². The topological polar surface area (TPSA) is 55.2 Å². The van der Waals surface area contributed by atoms with Gasteiger partial charge in [-0.3, -0.25) is 0 Å². The third kappa shape index (κ3) is 1.78. The first-order valence-corrected chi connectivity index (χ1v) is 5.12. The van der Waals surface area contributed by atoms with Gasteiger partial charge in [0.2, 0.25) is 0 Å². The molecule has 0 spiro atoms. The van der Waals surface area contributed by atoms with Gasteiger partial charge in [-0.2, -0.15) is 9.68 Å². The van der Waals surface area contributed by atoms with Crippen molar-refractivity contribution in [1.29, 1.82) is 0 Å². The summed E-state index contributed by atoms with van der Waals surface area (Å²) in [6, 6.07) is 0. The van der Waals surface area contributed by atoms with E-state index < -0.39 is 5.39 Å². The molecule has 1 saturated carbocycles. The lowest BCUT2D eigenvalue weighted by molar-refractivity contribution is -1.19. The van der Waals surface area contributed by atoms with Gasteiger partial charge in [-0.05, 0) is 19.8 Å². The highest BCUT2D eigenvalue weighted by atomic mass is 17.1. The van der Waals surface area contributed by atoms with Gasteiger partial charge in [-0.1, -0.05) is 11.8 Å². The van der Waals surface area contributed by atoms with Crippen LogP contribution < -0.4 is 5.39 Å². The predicted molar refractivity (Wildman–Crippen MR) is 47.9 cm³/mol. The Bertz CT molecular complexity index is 201. The molecule has 2 fully saturated rings. The Balaban J connectivity index is 2.03. The standard InChI is InChI=1S/C9H17NO4/c1-6(12-2)7-4-3-5-8-9(7)14-10(11)13-8/h6-10H,3-5H2,1-2H3. The van der Waals surface area contributed by atoms with Crippen LogP contribution in [0.5, 0.6) is 0 Å². The number of ether oxygens (including phenoxy) is 1. The summed E-state index contributed by atoms with van der Waals surface area (Å²) in [5.74, 6) is 0.283. The maximum absolute atomic E-state index is 11.0. The summed E-state index contributed by atoms with van der Waals surface area (Å²) in [4.78, 5) is 10.2. The molecule has 1 heterocycles. The summed E-state index contributed by atoms with van der Waals surface area (Å²) in [5, 5.41) is 10.5. The Hall–Kier alpha value is -0.200. The largest absolute Gasteiger partial charge is 0.566 e. The highest BCUT2D eigenvalue weighted by Crippen LogP contribution is 2.32. The number of fused-ring (bicyclic) bond motifs is 1. The van der Waals surface area contributed by atoms with Gasteiger partial charge in [0.25, 0.3) is 0 Å². The van der Waals surface area contributed by atoms with Crippen LogP contribution >= 0.6 is 0 Å². The van der Waals surface area contributed by atoms with E-state index in [0.29, 0.717) is 0 Å². The molecule has 5 heteroatoms. The summed E-state index contributed by atoms with van der Waals surface area (Å²) in [5.41, 5.74) is 0. The van der Waals surface area contributed by atoms with Gasteiger partial charge >= 0.3 is 0 Å². The number of rotatable bonds is 2. The van der Waals surface area contributed by atoms with Crippen molar-refractivity contribution < 1.29 is 19.8 Å². The number of hydrogen-bond donors (Lipinski definition) is 1. The van der Waals surface area contributed by atoms with Gasteiger partial charge in [0.15, 0.2) is 12.2 Å². The van der Waals surface area contributed by atoms with E-state index in [2.05, 4.69) is 0 Å².